The zero-order valence-corrected chi connectivity index (χ0v) is 19.4. The molecule has 2 unspecified atom stereocenters. The highest BCUT2D eigenvalue weighted by Crippen LogP contribution is 2.44. The molecular formula is C21H37N3O7. The molecule has 2 fully saturated rings. The molecule has 3 N–H and O–H groups in total. The molecule has 2 aliphatic rings. The third-order valence-corrected chi connectivity index (χ3v) is 6.10. The van der Waals surface area contributed by atoms with Crippen molar-refractivity contribution in [2.75, 3.05) is 26.7 Å². The molecule has 0 aromatic rings. The number of carboxylic acid groups (broad SMARTS) is 1. The smallest absolute Gasteiger partial charge is 0.407 e. The highest BCUT2D eigenvalue weighted by Gasteiger charge is 2.51. The van der Waals surface area contributed by atoms with Gasteiger partial charge in [-0.15, -0.1) is 0 Å². The molecule has 0 aromatic carbocycles. The van der Waals surface area contributed by atoms with Gasteiger partial charge in [-0.2, -0.15) is 0 Å². The average Bonchev–Trinajstić information content (AvgIpc) is 3.03. The largest absolute Gasteiger partial charge is 0.480 e. The maximum absolute atomic E-state index is 13.2. The predicted molar refractivity (Wildman–Crippen MR) is 112 cm³/mol. The number of nitrogens with one attached hydrogen (secondary N) is 1. The van der Waals surface area contributed by atoms with Crippen LogP contribution < -0.4 is 5.32 Å². The minimum atomic E-state index is -1.05. The number of hydrogen-bond donors (Lipinski definition) is 3. The number of carbonyl (C=O) groups is 3. The Morgan fingerprint density at radius 3 is 2.19 bits per heavy atom. The summed E-state index contributed by atoms with van der Waals surface area (Å²) in [4.78, 5) is 40.1. The van der Waals surface area contributed by atoms with Gasteiger partial charge in [-0.25, -0.2) is 9.59 Å². The van der Waals surface area contributed by atoms with Crippen LogP contribution in [0, 0.1) is 11.3 Å². The average molecular weight is 444 g/mol. The van der Waals surface area contributed by atoms with E-state index in [-0.39, 0.29) is 11.3 Å². The summed E-state index contributed by atoms with van der Waals surface area (Å²) in [5.41, 5.74) is -0.832. The lowest BCUT2D eigenvalue weighted by molar-refractivity contribution is -0.245. The van der Waals surface area contributed by atoms with Crippen LogP contribution in [0.15, 0.2) is 0 Å². The molecule has 0 saturated carbocycles. The Balaban J connectivity index is 2.12. The van der Waals surface area contributed by atoms with E-state index in [0.29, 0.717) is 38.9 Å². The number of aliphatic hydroxyl groups excluding tert-OH is 1. The number of aliphatic hydroxyl groups is 1. The zero-order valence-electron chi connectivity index (χ0n) is 19.4. The Hall–Kier alpha value is -1.91. The number of amides is 2. The number of piperidine rings is 1. The first-order valence-corrected chi connectivity index (χ1v) is 10.8. The molecule has 2 amide bonds. The predicted octanol–water partition coefficient (Wildman–Crippen LogP) is 1.23. The standard InChI is InChI=1S/C21H37N3O7/c1-13(2)15(22-18(28)30-6)16(25)24-12-21(11-14(24)17(26)27)7-9-23(10-8-21)19(29)31-20(3,4)5/h13-15,19,29H,7-12H2,1-6H3,(H,22,28)(H,26,27)/t14?,15-,19?/m0/s1. The second kappa shape index (κ2) is 9.70. The van der Waals surface area contributed by atoms with Crippen molar-refractivity contribution in [3.05, 3.63) is 0 Å². The molecular weight excluding hydrogens is 406 g/mol. The number of rotatable bonds is 6. The third-order valence-electron chi connectivity index (χ3n) is 6.10. The molecule has 2 saturated heterocycles. The van der Waals surface area contributed by atoms with E-state index < -0.39 is 42.1 Å². The third kappa shape index (κ3) is 6.30. The second-order valence-corrected chi connectivity index (χ2v) is 9.97. The van der Waals surface area contributed by atoms with Crippen LogP contribution >= 0.6 is 0 Å². The number of carbonyl (C=O) groups excluding carboxylic acids is 2. The quantitative estimate of drug-likeness (QED) is 0.523. The summed E-state index contributed by atoms with van der Waals surface area (Å²) >= 11 is 0. The lowest BCUT2D eigenvalue weighted by Crippen LogP contribution is -2.54. The van der Waals surface area contributed by atoms with Gasteiger partial charge in [-0.3, -0.25) is 9.69 Å². The fourth-order valence-electron chi connectivity index (χ4n) is 4.36. The van der Waals surface area contributed by atoms with E-state index in [1.54, 1.807) is 13.8 Å². The van der Waals surface area contributed by atoms with Crippen LogP contribution in [0.3, 0.4) is 0 Å². The summed E-state index contributed by atoms with van der Waals surface area (Å²) in [5, 5.41) is 22.7. The lowest BCUT2D eigenvalue weighted by atomic mass is 9.76. The Morgan fingerprint density at radius 2 is 1.74 bits per heavy atom. The summed E-state index contributed by atoms with van der Waals surface area (Å²) < 4.78 is 10.2. The number of aliphatic carboxylic acids is 1. The fraction of sp³-hybridized carbons (Fsp3) is 0.857. The number of alkyl carbamates (subject to hydrolysis) is 1. The number of nitrogens with zero attached hydrogens (tertiary/aromatic N) is 2. The first-order chi connectivity index (χ1) is 14.3. The Bertz CT molecular complexity index is 668. The van der Waals surface area contributed by atoms with Crippen molar-refractivity contribution in [3.63, 3.8) is 0 Å². The first kappa shape index (κ1) is 25.4. The molecule has 0 aliphatic carbocycles. The molecule has 1 spiro atoms. The normalized spacial score (nSPS) is 23.6. The van der Waals surface area contributed by atoms with Crippen LogP contribution in [0.1, 0.15) is 53.9 Å². The van der Waals surface area contributed by atoms with Gasteiger partial charge in [0.25, 0.3) is 0 Å². The van der Waals surface area contributed by atoms with Crippen LogP contribution in [0.25, 0.3) is 0 Å². The summed E-state index contributed by atoms with van der Waals surface area (Å²) in [7, 11) is 1.22. The van der Waals surface area contributed by atoms with E-state index in [1.165, 1.54) is 12.0 Å². The Labute approximate surface area is 183 Å². The van der Waals surface area contributed by atoms with E-state index in [0.717, 1.165) is 0 Å². The molecule has 0 aromatic heterocycles. The molecule has 10 nitrogen and oxygen atoms in total. The van der Waals surface area contributed by atoms with Gasteiger partial charge < -0.3 is 29.9 Å². The van der Waals surface area contributed by atoms with Crippen molar-refractivity contribution in [2.45, 2.75) is 78.0 Å². The van der Waals surface area contributed by atoms with Gasteiger partial charge in [-0.05, 0) is 51.4 Å². The number of likely N-dealkylation sites (tertiary alicyclic amines) is 2. The van der Waals surface area contributed by atoms with Crippen LogP contribution in [-0.4, -0.2) is 88.8 Å². The lowest BCUT2D eigenvalue weighted by Gasteiger charge is -2.42. The van der Waals surface area contributed by atoms with Gasteiger partial charge >= 0.3 is 12.1 Å². The van der Waals surface area contributed by atoms with E-state index >= 15 is 0 Å². The van der Waals surface area contributed by atoms with Gasteiger partial charge in [0.15, 0.2) is 0 Å². The van der Waals surface area contributed by atoms with Crippen LogP contribution in [-0.2, 0) is 19.1 Å². The maximum atomic E-state index is 13.2. The molecule has 2 aliphatic heterocycles. The number of hydrogen-bond acceptors (Lipinski definition) is 7. The minimum Gasteiger partial charge on any atom is -0.480 e. The highest BCUT2D eigenvalue weighted by atomic mass is 16.6. The molecule has 2 heterocycles. The summed E-state index contributed by atoms with van der Waals surface area (Å²) in [5.74, 6) is -1.70. The van der Waals surface area contributed by atoms with Crippen molar-refractivity contribution in [1.82, 2.24) is 15.1 Å². The molecule has 0 bridgehead atoms. The van der Waals surface area contributed by atoms with Gasteiger partial charge in [-0.1, -0.05) is 13.8 Å². The fourth-order valence-corrected chi connectivity index (χ4v) is 4.36. The van der Waals surface area contributed by atoms with Crippen LogP contribution in [0.2, 0.25) is 0 Å². The summed E-state index contributed by atoms with van der Waals surface area (Å²) in [6, 6.07) is -1.82. The van der Waals surface area contributed by atoms with Gasteiger partial charge in [0, 0.05) is 19.6 Å². The van der Waals surface area contributed by atoms with Crippen molar-refractivity contribution >= 4 is 18.0 Å². The van der Waals surface area contributed by atoms with Crippen molar-refractivity contribution in [1.29, 1.82) is 0 Å². The molecule has 31 heavy (non-hydrogen) atoms. The molecule has 3 atom stereocenters. The van der Waals surface area contributed by atoms with Crippen molar-refractivity contribution in [3.8, 4) is 0 Å². The summed E-state index contributed by atoms with van der Waals surface area (Å²) in [6.45, 7) is 10.6. The molecule has 2 rings (SSSR count). The van der Waals surface area contributed by atoms with Gasteiger partial charge in [0.05, 0.1) is 12.7 Å². The number of carboxylic acids is 1. The Morgan fingerprint density at radius 1 is 1.16 bits per heavy atom. The summed E-state index contributed by atoms with van der Waals surface area (Å²) in [6.07, 6.45) is -0.124. The monoisotopic (exact) mass is 443 g/mol. The number of ether oxygens (including phenoxy) is 2. The van der Waals surface area contributed by atoms with Crippen LogP contribution in [0.4, 0.5) is 4.79 Å². The minimum absolute atomic E-state index is 0.232. The zero-order chi connectivity index (χ0) is 23.6. The topological polar surface area (TPSA) is 129 Å². The maximum Gasteiger partial charge on any atom is 0.407 e. The van der Waals surface area contributed by atoms with Crippen molar-refractivity contribution < 1.29 is 34.1 Å². The first-order valence-electron chi connectivity index (χ1n) is 10.8. The van der Waals surface area contributed by atoms with E-state index in [4.69, 9.17) is 4.74 Å². The van der Waals surface area contributed by atoms with Crippen LogP contribution in [0.5, 0.6) is 0 Å². The van der Waals surface area contributed by atoms with Gasteiger partial charge in [0.2, 0.25) is 12.3 Å². The highest BCUT2D eigenvalue weighted by molar-refractivity contribution is 5.90. The van der Waals surface area contributed by atoms with E-state index in [2.05, 4.69) is 10.1 Å². The van der Waals surface area contributed by atoms with E-state index in [1.807, 2.05) is 25.7 Å². The molecule has 10 heteroatoms. The van der Waals surface area contributed by atoms with Gasteiger partial charge in [0.1, 0.15) is 12.1 Å². The van der Waals surface area contributed by atoms with E-state index in [9.17, 15) is 24.6 Å². The number of methoxy groups -OCH3 is 1. The van der Waals surface area contributed by atoms with Crippen molar-refractivity contribution in [2.24, 2.45) is 11.3 Å². The Kier molecular flexibility index (Phi) is 7.94. The molecule has 178 valence electrons. The SMILES string of the molecule is COC(=O)N[C@H](C(=O)N1CC2(CCN(C(O)OC(C)(C)C)CC2)CC1C(=O)O)C(C)C. The second-order valence-electron chi connectivity index (χ2n) is 9.97. The molecule has 0 radical (unpaired) electrons.